The normalized spacial score (nSPS) is 12.6. The van der Waals surface area contributed by atoms with Crippen LogP contribution < -0.4 is 5.32 Å². The van der Waals surface area contributed by atoms with Crippen molar-refractivity contribution in [3.8, 4) is 0 Å². The Hall–Kier alpha value is -1.32. The van der Waals surface area contributed by atoms with Crippen LogP contribution in [0.2, 0.25) is 5.02 Å². The first kappa shape index (κ1) is 14.1. The number of halogens is 2. The van der Waals surface area contributed by atoms with E-state index in [0.29, 0.717) is 10.6 Å². The summed E-state index contributed by atoms with van der Waals surface area (Å²) in [5.74, 6) is -0.282. The Bertz CT molecular complexity index is 539. The fourth-order valence-electron chi connectivity index (χ4n) is 2.04. The average Bonchev–Trinajstić information content (AvgIpc) is 2.89. The molecule has 102 valence electrons. The Morgan fingerprint density at radius 1 is 1.42 bits per heavy atom. The van der Waals surface area contributed by atoms with Gasteiger partial charge in [0.25, 0.3) is 0 Å². The quantitative estimate of drug-likeness (QED) is 0.875. The molecule has 1 unspecified atom stereocenters. The molecule has 1 heterocycles. The second-order valence-corrected chi connectivity index (χ2v) is 4.97. The molecule has 0 aliphatic carbocycles. The third-order valence-corrected chi connectivity index (χ3v) is 3.39. The fraction of sp³-hybridized carbons (Fsp3) is 0.333. The molecule has 1 atom stereocenters. The van der Waals surface area contributed by atoms with Gasteiger partial charge in [-0.1, -0.05) is 18.5 Å². The second-order valence-electron chi connectivity index (χ2n) is 4.57. The van der Waals surface area contributed by atoms with Crippen LogP contribution in [0.3, 0.4) is 0 Å². The van der Waals surface area contributed by atoms with Crippen LogP contribution in [0.15, 0.2) is 35.1 Å². The summed E-state index contributed by atoms with van der Waals surface area (Å²) in [5.41, 5.74) is 2.45. The van der Waals surface area contributed by atoms with E-state index in [-0.39, 0.29) is 11.9 Å². The molecule has 19 heavy (non-hydrogen) atoms. The summed E-state index contributed by atoms with van der Waals surface area (Å²) in [4.78, 5) is 0. The zero-order valence-corrected chi connectivity index (χ0v) is 11.8. The van der Waals surface area contributed by atoms with E-state index in [2.05, 4.69) is 12.2 Å². The van der Waals surface area contributed by atoms with Crippen molar-refractivity contribution >= 4 is 11.6 Å². The zero-order chi connectivity index (χ0) is 13.8. The Labute approximate surface area is 117 Å². The molecule has 1 aromatic heterocycles. The van der Waals surface area contributed by atoms with Crippen LogP contribution in [0.4, 0.5) is 4.39 Å². The number of hydrogen-bond acceptors (Lipinski definition) is 2. The van der Waals surface area contributed by atoms with E-state index >= 15 is 0 Å². The minimum absolute atomic E-state index is 0.0782. The summed E-state index contributed by atoms with van der Waals surface area (Å²) in [6.45, 7) is 4.68. The summed E-state index contributed by atoms with van der Waals surface area (Å²) in [6.07, 6.45) is 4.31. The third kappa shape index (κ3) is 3.17. The van der Waals surface area contributed by atoms with Crippen molar-refractivity contribution in [3.63, 3.8) is 0 Å². The van der Waals surface area contributed by atoms with Gasteiger partial charge in [-0.25, -0.2) is 4.39 Å². The molecular weight excluding hydrogens is 265 g/mol. The molecule has 0 saturated heterocycles. The molecule has 0 spiro atoms. The topological polar surface area (TPSA) is 25.2 Å². The van der Waals surface area contributed by atoms with E-state index in [9.17, 15) is 4.39 Å². The maximum absolute atomic E-state index is 13.5. The van der Waals surface area contributed by atoms with Gasteiger partial charge in [0.15, 0.2) is 0 Å². The predicted molar refractivity (Wildman–Crippen MR) is 75.0 cm³/mol. The van der Waals surface area contributed by atoms with Crippen molar-refractivity contribution in [1.82, 2.24) is 5.32 Å². The van der Waals surface area contributed by atoms with E-state index in [0.717, 1.165) is 24.1 Å². The second kappa shape index (κ2) is 6.22. The maximum Gasteiger partial charge on any atom is 0.127 e. The molecule has 4 heteroatoms. The van der Waals surface area contributed by atoms with Crippen LogP contribution in [0.25, 0.3) is 0 Å². The predicted octanol–water partition coefficient (Wildman–Crippen LogP) is 4.47. The Kier molecular flexibility index (Phi) is 4.61. The molecule has 0 aliphatic rings. The van der Waals surface area contributed by atoms with Crippen LogP contribution >= 0.6 is 11.6 Å². The smallest absolute Gasteiger partial charge is 0.127 e. The standard InChI is InChI=1S/C15H17ClFNO/c1-3-5-18-15(11-4-6-19-9-11)12-7-10(2)14(17)8-13(12)16/h4,6-9,15,18H,3,5H2,1-2H3. The van der Waals surface area contributed by atoms with Crippen molar-refractivity contribution in [3.05, 3.63) is 58.3 Å². The highest BCUT2D eigenvalue weighted by molar-refractivity contribution is 6.31. The Morgan fingerprint density at radius 3 is 2.84 bits per heavy atom. The molecule has 0 radical (unpaired) electrons. The van der Waals surface area contributed by atoms with Gasteiger partial charge in [-0.3, -0.25) is 0 Å². The molecule has 2 aromatic rings. The van der Waals surface area contributed by atoms with Gasteiger partial charge in [-0.05, 0) is 49.2 Å². The SMILES string of the molecule is CCCNC(c1ccoc1)c1cc(C)c(F)cc1Cl. The van der Waals surface area contributed by atoms with E-state index in [1.54, 1.807) is 25.5 Å². The summed E-state index contributed by atoms with van der Waals surface area (Å²) in [5, 5.41) is 3.84. The van der Waals surface area contributed by atoms with Gasteiger partial charge in [0.2, 0.25) is 0 Å². The van der Waals surface area contributed by atoms with Gasteiger partial charge in [-0.15, -0.1) is 0 Å². The van der Waals surface area contributed by atoms with Gasteiger partial charge in [0.05, 0.1) is 18.6 Å². The Balaban J connectivity index is 2.40. The monoisotopic (exact) mass is 281 g/mol. The largest absolute Gasteiger partial charge is 0.472 e. The molecule has 1 N–H and O–H groups in total. The van der Waals surface area contributed by atoms with Crippen LogP contribution in [0.5, 0.6) is 0 Å². The van der Waals surface area contributed by atoms with Crippen LogP contribution in [0, 0.1) is 12.7 Å². The van der Waals surface area contributed by atoms with Crippen LogP contribution in [0.1, 0.15) is 36.1 Å². The first-order chi connectivity index (χ1) is 9.13. The molecular formula is C15H17ClFNO. The van der Waals surface area contributed by atoms with Gasteiger partial charge in [-0.2, -0.15) is 0 Å². The number of benzene rings is 1. The van der Waals surface area contributed by atoms with Crippen molar-refractivity contribution in [2.75, 3.05) is 6.54 Å². The molecule has 0 amide bonds. The van der Waals surface area contributed by atoms with Crippen molar-refractivity contribution in [2.24, 2.45) is 0 Å². The lowest BCUT2D eigenvalue weighted by Crippen LogP contribution is -2.23. The molecule has 2 nitrogen and oxygen atoms in total. The van der Waals surface area contributed by atoms with Gasteiger partial charge >= 0.3 is 0 Å². The van der Waals surface area contributed by atoms with Crippen molar-refractivity contribution < 1.29 is 8.81 Å². The van der Waals surface area contributed by atoms with Gasteiger partial charge in [0.1, 0.15) is 5.82 Å². The van der Waals surface area contributed by atoms with Crippen LogP contribution in [-0.4, -0.2) is 6.54 Å². The highest BCUT2D eigenvalue weighted by Gasteiger charge is 2.18. The van der Waals surface area contributed by atoms with E-state index in [1.165, 1.54) is 6.07 Å². The molecule has 2 rings (SSSR count). The summed E-state index contributed by atoms with van der Waals surface area (Å²) >= 11 is 6.18. The highest BCUT2D eigenvalue weighted by atomic mass is 35.5. The fourth-order valence-corrected chi connectivity index (χ4v) is 2.30. The first-order valence-corrected chi connectivity index (χ1v) is 6.72. The summed E-state index contributed by atoms with van der Waals surface area (Å²) in [6, 6.07) is 4.97. The molecule has 0 aliphatic heterocycles. The molecule has 0 saturated carbocycles. The number of furan rings is 1. The lowest BCUT2D eigenvalue weighted by molar-refractivity contribution is 0.547. The lowest BCUT2D eigenvalue weighted by atomic mass is 9.99. The lowest BCUT2D eigenvalue weighted by Gasteiger charge is -2.19. The van der Waals surface area contributed by atoms with Crippen molar-refractivity contribution in [1.29, 1.82) is 0 Å². The average molecular weight is 282 g/mol. The minimum atomic E-state index is -0.282. The zero-order valence-electron chi connectivity index (χ0n) is 11.0. The first-order valence-electron chi connectivity index (χ1n) is 6.34. The van der Waals surface area contributed by atoms with E-state index in [1.807, 2.05) is 6.07 Å². The number of aryl methyl sites for hydroxylation is 1. The third-order valence-electron chi connectivity index (χ3n) is 3.06. The van der Waals surface area contributed by atoms with Crippen molar-refractivity contribution in [2.45, 2.75) is 26.3 Å². The van der Waals surface area contributed by atoms with Gasteiger partial charge in [0, 0.05) is 10.6 Å². The maximum atomic E-state index is 13.5. The number of nitrogens with one attached hydrogen (secondary N) is 1. The Morgan fingerprint density at radius 2 is 2.21 bits per heavy atom. The molecule has 0 fully saturated rings. The van der Waals surface area contributed by atoms with E-state index in [4.69, 9.17) is 16.0 Å². The molecule has 1 aromatic carbocycles. The van der Waals surface area contributed by atoms with Gasteiger partial charge < -0.3 is 9.73 Å². The minimum Gasteiger partial charge on any atom is -0.472 e. The summed E-state index contributed by atoms with van der Waals surface area (Å²) < 4.78 is 18.6. The summed E-state index contributed by atoms with van der Waals surface area (Å²) in [7, 11) is 0. The number of hydrogen-bond donors (Lipinski definition) is 1. The number of rotatable bonds is 5. The molecule has 0 bridgehead atoms. The van der Waals surface area contributed by atoms with Crippen LogP contribution in [-0.2, 0) is 0 Å². The van der Waals surface area contributed by atoms with E-state index < -0.39 is 0 Å². The highest BCUT2D eigenvalue weighted by Crippen LogP contribution is 2.30.